The van der Waals surface area contributed by atoms with Crippen LogP contribution in [0, 0.1) is 5.92 Å². The van der Waals surface area contributed by atoms with Crippen LogP contribution in [-0.4, -0.2) is 15.9 Å². The van der Waals surface area contributed by atoms with Crippen molar-refractivity contribution in [3.63, 3.8) is 0 Å². The van der Waals surface area contributed by atoms with Gasteiger partial charge in [0.05, 0.1) is 12.4 Å². The molecule has 4 nitrogen and oxygen atoms in total. The van der Waals surface area contributed by atoms with Gasteiger partial charge in [0.1, 0.15) is 5.15 Å². The van der Waals surface area contributed by atoms with Gasteiger partial charge in [0.25, 0.3) is 0 Å². The first-order chi connectivity index (χ1) is 7.13. The van der Waals surface area contributed by atoms with Gasteiger partial charge in [-0.05, 0) is 6.42 Å². The summed E-state index contributed by atoms with van der Waals surface area (Å²) < 4.78 is 0. The Morgan fingerprint density at radius 3 is 2.80 bits per heavy atom. The van der Waals surface area contributed by atoms with Crippen molar-refractivity contribution in [2.75, 3.05) is 5.32 Å². The van der Waals surface area contributed by atoms with Gasteiger partial charge in [-0.25, -0.2) is 9.97 Å². The molecule has 5 heteroatoms. The van der Waals surface area contributed by atoms with E-state index < -0.39 is 0 Å². The number of rotatable bonds is 4. The summed E-state index contributed by atoms with van der Waals surface area (Å²) in [6, 6.07) is 0. The molecule has 0 aliphatic heterocycles. The van der Waals surface area contributed by atoms with Gasteiger partial charge < -0.3 is 5.32 Å². The zero-order chi connectivity index (χ0) is 11.3. The highest BCUT2D eigenvalue weighted by Gasteiger charge is 2.12. The van der Waals surface area contributed by atoms with E-state index in [4.69, 9.17) is 11.6 Å². The van der Waals surface area contributed by atoms with Gasteiger partial charge in [-0.1, -0.05) is 31.9 Å². The minimum Gasteiger partial charge on any atom is -0.309 e. The van der Waals surface area contributed by atoms with Crippen LogP contribution < -0.4 is 5.32 Å². The normalized spacial score (nSPS) is 12.2. The second-order valence-electron chi connectivity index (χ2n) is 3.40. The maximum absolute atomic E-state index is 11.6. The Hall–Kier alpha value is -1.16. The third-order valence-electron chi connectivity index (χ3n) is 2.04. The lowest BCUT2D eigenvalue weighted by atomic mass is 10.1. The molecule has 0 saturated carbocycles. The summed E-state index contributed by atoms with van der Waals surface area (Å²) >= 11 is 5.57. The molecule has 0 aliphatic rings. The van der Waals surface area contributed by atoms with E-state index >= 15 is 0 Å². The predicted octanol–water partition coefficient (Wildman–Crippen LogP) is 2.50. The summed E-state index contributed by atoms with van der Waals surface area (Å²) in [4.78, 5) is 19.3. The van der Waals surface area contributed by atoms with Crippen LogP contribution in [0.3, 0.4) is 0 Å². The predicted molar refractivity (Wildman–Crippen MR) is 59.7 cm³/mol. The fraction of sp³-hybridized carbons (Fsp3) is 0.500. The average molecular weight is 228 g/mol. The van der Waals surface area contributed by atoms with Gasteiger partial charge in [-0.15, -0.1) is 0 Å². The number of hydrogen-bond acceptors (Lipinski definition) is 3. The maximum Gasteiger partial charge on any atom is 0.228 e. The van der Waals surface area contributed by atoms with Crippen LogP contribution >= 0.6 is 11.6 Å². The molecule has 0 aliphatic carbocycles. The molecule has 0 spiro atoms. The molecular weight excluding hydrogens is 214 g/mol. The molecule has 1 amide bonds. The molecule has 15 heavy (non-hydrogen) atoms. The number of aromatic nitrogens is 2. The number of carbonyl (C=O) groups excluding carboxylic acids is 1. The van der Waals surface area contributed by atoms with E-state index in [0.29, 0.717) is 11.0 Å². The number of halogens is 1. The molecule has 0 radical (unpaired) electrons. The van der Waals surface area contributed by atoms with Gasteiger partial charge in [0, 0.05) is 5.92 Å². The zero-order valence-corrected chi connectivity index (χ0v) is 9.58. The quantitative estimate of drug-likeness (QED) is 0.860. The fourth-order valence-corrected chi connectivity index (χ4v) is 1.29. The Bertz CT molecular complexity index is 326. The van der Waals surface area contributed by atoms with Gasteiger partial charge in [0.15, 0.2) is 5.82 Å². The molecule has 1 atom stereocenters. The molecule has 1 rings (SSSR count). The second kappa shape index (κ2) is 5.66. The topological polar surface area (TPSA) is 54.9 Å². The first-order valence-electron chi connectivity index (χ1n) is 4.92. The Morgan fingerprint density at radius 2 is 2.27 bits per heavy atom. The minimum absolute atomic E-state index is 0.00696. The van der Waals surface area contributed by atoms with Gasteiger partial charge in [-0.2, -0.15) is 0 Å². The maximum atomic E-state index is 11.6. The van der Waals surface area contributed by atoms with Crippen molar-refractivity contribution < 1.29 is 4.79 Å². The highest BCUT2D eigenvalue weighted by atomic mass is 35.5. The lowest BCUT2D eigenvalue weighted by molar-refractivity contribution is -0.119. The monoisotopic (exact) mass is 227 g/mol. The minimum atomic E-state index is -0.0338. The smallest absolute Gasteiger partial charge is 0.228 e. The highest BCUT2D eigenvalue weighted by Crippen LogP contribution is 2.10. The summed E-state index contributed by atoms with van der Waals surface area (Å²) in [7, 11) is 0. The Balaban J connectivity index is 2.54. The molecule has 1 aromatic rings. The average Bonchev–Trinajstić information content (AvgIpc) is 2.22. The Labute approximate surface area is 94.1 Å². The molecule has 0 aromatic carbocycles. The van der Waals surface area contributed by atoms with E-state index in [9.17, 15) is 4.79 Å². The number of anilines is 1. The molecule has 0 bridgehead atoms. The Morgan fingerprint density at radius 1 is 1.53 bits per heavy atom. The highest BCUT2D eigenvalue weighted by molar-refractivity contribution is 6.29. The third kappa shape index (κ3) is 3.83. The van der Waals surface area contributed by atoms with Crippen LogP contribution in [0.4, 0.5) is 5.82 Å². The SMILES string of the molecule is CCCC(C)C(=O)Nc1cnc(Cl)cn1. The van der Waals surface area contributed by atoms with Gasteiger partial charge in [-0.3, -0.25) is 4.79 Å². The van der Waals surface area contributed by atoms with E-state index in [1.54, 1.807) is 0 Å². The molecule has 1 heterocycles. The molecule has 1 aromatic heterocycles. The number of hydrogen-bond donors (Lipinski definition) is 1. The largest absolute Gasteiger partial charge is 0.309 e. The van der Waals surface area contributed by atoms with Crippen molar-refractivity contribution in [2.45, 2.75) is 26.7 Å². The zero-order valence-electron chi connectivity index (χ0n) is 8.83. The van der Waals surface area contributed by atoms with Crippen LogP contribution in [0.5, 0.6) is 0 Å². The lowest BCUT2D eigenvalue weighted by Crippen LogP contribution is -2.20. The molecule has 0 saturated heterocycles. The van der Waals surface area contributed by atoms with E-state index in [-0.39, 0.29) is 11.8 Å². The van der Waals surface area contributed by atoms with Crippen molar-refractivity contribution in [3.8, 4) is 0 Å². The third-order valence-corrected chi connectivity index (χ3v) is 2.24. The molecule has 1 N–H and O–H groups in total. The van der Waals surface area contributed by atoms with Gasteiger partial charge in [0.2, 0.25) is 5.91 Å². The first-order valence-corrected chi connectivity index (χ1v) is 5.29. The summed E-state index contributed by atoms with van der Waals surface area (Å²) in [6.45, 7) is 3.94. The summed E-state index contributed by atoms with van der Waals surface area (Å²) in [5.41, 5.74) is 0. The van der Waals surface area contributed by atoms with E-state index in [2.05, 4.69) is 15.3 Å². The molecule has 1 unspecified atom stereocenters. The number of amides is 1. The number of nitrogens with zero attached hydrogens (tertiary/aromatic N) is 2. The van der Waals surface area contributed by atoms with Crippen molar-refractivity contribution >= 4 is 23.3 Å². The van der Waals surface area contributed by atoms with Crippen molar-refractivity contribution in [2.24, 2.45) is 5.92 Å². The molecule has 82 valence electrons. The van der Waals surface area contributed by atoms with Crippen LogP contribution in [0.2, 0.25) is 5.15 Å². The van der Waals surface area contributed by atoms with Crippen LogP contribution in [0.25, 0.3) is 0 Å². The summed E-state index contributed by atoms with van der Waals surface area (Å²) in [6.07, 6.45) is 4.70. The molecular formula is C10H14ClN3O. The van der Waals surface area contributed by atoms with E-state index in [1.807, 2.05) is 13.8 Å². The first kappa shape index (κ1) is 11.9. The summed E-state index contributed by atoms with van der Waals surface area (Å²) in [5, 5.41) is 3.00. The van der Waals surface area contributed by atoms with Crippen molar-refractivity contribution in [1.82, 2.24) is 9.97 Å². The summed E-state index contributed by atoms with van der Waals surface area (Å²) in [5.74, 6) is 0.397. The van der Waals surface area contributed by atoms with E-state index in [1.165, 1.54) is 12.4 Å². The number of nitrogens with one attached hydrogen (secondary N) is 1. The molecule has 0 fully saturated rings. The van der Waals surface area contributed by atoms with Crippen LogP contribution in [-0.2, 0) is 4.79 Å². The van der Waals surface area contributed by atoms with E-state index in [0.717, 1.165) is 12.8 Å². The Kier molecular flexibility index (Phi) is 4.49. The van der Waals surface area contributed by atoms with Crippen molar-refractivity contribution in [1.29, 1.82) is 0 Å². The van der Waals surface area contributed by atoms with Crippen LogP contribution in [0.1, 0.15) is 26.7 Å². The second-order valence-corrected chi connectivity index (χ2v) is 3.79. The van der Waals surface area contributed by atoms with Crippen LogP contribution in [0.15, 0.2) is 12.4 Å². The van der Waals surface area contributed by atoms with Gasteiger partial charge >= 0.3 is 0 Å². The lowest BCUT2D eigenvalue weighted by Gasteiger charge is -2.09. The fourth-order valence-electron chi connectivity index (χ4n) is 1.19. The number of carbonyl (C=O) groups is 1. The standard InChI is InChI=1S/C10H14ClN3O/c1-3-4-7(2)10(15)14-9-6-12-8(11)5-13-9/h5-7H,3-4H2,1-2H3,(H,13,14,15). The van der Waals surface area contributed by atoms with Crippen molar-refractivity contribution in [3.05, 3.63) is 17.5 Å².